The number of carboxylic acids is 1. The van der Waals surface area contributed by atoms with Gasteiger partial charge >= 0.3 is 18.0 Å². The van der Waals surface area contributed by atoms with Gasteiger partial charge in [-0.15, -0.1) is 11.3 Å². The number of urea groups is 1. The van der Waals surface area contributed by atoms with Crippen LogP contribution in [0, 0.1) is 11.6 Å². The zero-order valence-electron chi connectivity index (χ0n) is 26.8. The molecule has 2 aromatic carbocycles. The second-order valence-electron chi connectivity index (χ2n) is 11.8. The maximum Gasteiger partial charge on any atom is 0.338 e. The molecule has 0 spiro atoms. The van der Waals surface area contributed by atoms with Crippen molar-refractivity contribution in [1.29, 1.82) is 0 Å². The van der Waals surface area contributed by atoms with Crippen molar-refractivity contribution >= 4 is 52.6 Å². The van der Waals surface area contributed by atoms with Crippen LogP contribution in [0.25, 0.3) is 0 Å². The summed E-state index contributed by atoms with van der Waals surface area (Å²) in [7, 11) is 1.28. The molecule has 51 heavy (non-hydrogen) atoms. The Balaban J connectivity index is 1.09. The van der Waals surface area contributed by atoms with Crippen molar-refractivity contribution in [3.05, 3.63) is 110 Å². The Morgan fingerprint density at radius 2 is 1.94 bits per heavy atom. The fourth-order valence-corrected chi connectivity index (χ4v) is 7.09. The molecule has 1 unspecified atom stereocenters. The molecule has 2 saturated heterocycles. The minimum atomic E-state index is -1.26. The Kier molecular flexibility index (Phi) is 9.37. The number of carboxylic acid groups (broad SMARTS) is 1. The number of aromatic carboxylic acids is 1. The predicted octanol–water partition coefficient (Wildman–Crippen LogP) is 5.10. The Bertz CT molecular complexity index is 2080. The van der Waals surface area contributed by atoms with Crippen LogP contribution in [0.2, 0.25) is 5.02 Å². The number of halogens is 3. The lowest BCUT2D eigenvalue weighted by molar-refractivity contribution is -0.136. The Morgan fingerprint density at radius 3 is 2.63 bits per heavy atom. The first-order valence-corrected chi connectivity index (χ1v) is 16.8. The Hall–Kier alpha value is -5.45. The minimum absolute atomic E-state index is 0.109. The molecule has 2 amide bonds. The fourth-order valence-electron chi connectivity index (χ4n) is 6.23. The number of carbonyl (C=O) groups is 3. The molecular formula is C34H28ClF2N7O6S. The van der Waals surface area contributed by atoms with Crippen LogP contribution in [-0.2, 0) is 9.53 Å². The number of pyridine rings is 1. The quantitative estimate of drug-likeness (QED) is 0.222. The van der Waals surface area contributed by atoms with E-state index in [0.717, 1.165) is 6.07 Å². The number of anilines is 1. The minimum Gasteiger partial charge on any atom is -0.478 e. The number of benzene rings is 2. The van der Waals surface area contributed by atoms with Gasteiger partial charge in [0.2, 0.25) is 0 Å². The summed E-state index contributed by atoms with van der Waals surface area (Å²) in [5.74, 6) is -2.40. The molecule has 0 aliphatic carbocycles. The Morgan fingerprint density at radius 1 is 1.10 bits per heavy atom. The van der Waals surface area contributed by atoms with Gasteiger partial charge in [-0.25, -0.2) is 33.1 Å². The molecular weight excluding hydrogens is 708 g/mol. The van der Waals surface area contributed by atoms with Gasteiger partial charge in [0.25, 0.3) is 0 Å². The van der Waals surface area contributed by atoms with E-state index in [2.05, 4.69) is 20.2 Å². The summed E-state index contributed by atoms with van der Waals surface area (Å²) < 4.78 is 39.1. The molecule has 4 aromatic rings. The largest absolute Gasteiger partial charge is 0.478 e. The number of hydrogen-bond acceptors (Lipinski definition) is 11. The van der Waals surface area contributed by atoms with Gasteiger partial charge in [-0.2, -0.15) is 0 Å². The highest BCUT2D eigenvalue weighted by Crippen LogP contribution is 2.37. The summed E-state index contributed by atoms with van der Waals surface area (Å²) >= 11 is 7.84. The van der Waals surface area contributed by atoms with Crippen molar-refractivity contribution < 1.29 is 37.7 Å². The molecule has 3 aliphatic rings. The molecule has 0 saturated carbocycles. The number of aromatic nitrogens is 2. The molecule has 17 heteroatoms. The summed E-state index contributed by atoms with van der Waals surface area (Å²) in [4.78, 5) is 56.9. The number of piperazine rings is 1. The van der Waals surface area contributed by atoms with Crippen molar-refractivity contribution in [3.63, 3.8) is 0 Å². The summed E-state index contributed by atoms with van der Waals surface area (Å²) in [6.07, 6.45) is 3.00. The number of hydrogen-bond donors (Lipinski definition) is 2. The summed E-state index contributed by atoms with van der Waals surface area (Å²) in [5.41, 5.74) is 0.967. The van der Waals surface area contributed by atoms with Crippen LogP contribution in [0.15, 0.2) is 82.6 Å². The predicted molar refractivity (Wildman–Crippen MR) is 182 cm³/mol. The van der Waals surface area contributed by atoms with Crippen LogP contribution in [0.3, 0.4) is 0 Å². The smallest absolute Gasteiger partial charge is 0.338 e. The SMILES string of the molecule is COC(=O)C1=C(CN2CCN3C(=O)N(c4ccc(Oc5ccc(C(=O)O)cc5F)cn4)CC3C2)NC(c2nccs2)=N[C@H]1c1ccc(F)cc1Cl. The molecule has 7 rings (SSSR count). The number of carbonyl (C=O) groups excluding carboxylic acids is 2. The molecule has 0 radical (unpaired) electrons. The van der Waals surface area contributed by atoms with Crippen molar-refractivity contribution in [1.82, 2.24) is 25.1 Å². The average molecular weight is 736 g/mol. The number of nitrogens with one attached hydrogen (secondary N) is 1. The first-order chi connectivity index (χ1) is 24.6. The number of rotatable bonds is 9. The van der Waals surface area contributed by atoms with Crippen molar-refractivity contribution in [2.75, 3.05) is 44.7 Å². The molecule has 13 nitrogen and oxygen atoms in total. The zero-order valence-corrected chi connectivity index (χ0v) is 28.3. The first kappa shape index (κ1) is 34.0. The summed E-state index contributed by atoms with van der Waals surface area (Å²) in [6, 6.07) is 9.07. The molecule has 2 aromatic heterocycles. The van der Waals surface area contributed by atoms with E-state index >= 15 is 0 Å². The van der Waals surface area contributed by atoms with Crippen LogP contribution in [0.4, 0.5) is 19.4 Å². The van der Waals surface area contributed by atoms with Gasteiger partial charge in [0.05, 0.1) is 37.0 Å². The number of thiazole rings is 1. The van der Waals surface area contributed by atoms with Gasteiger partial charge < -0.3 is 24.8 Å². The number of ether oxygens (including phenoxy) is 2. The van der Waals surface area contributed by atoms with Crippen LogP contribution in [0.1, 0.15) is 27.0 Å². The van der Waals surface area contributed by atoms with E-state index in [-0.39, 0.29) is 46.3 Å². The molecule has 0 bridgehead atoms. The fraction of sp³-hybridized carbons (Fsp3) is 0.235. The molecule has 3 aliphatic heterocycles. The van der Waals surface area contributed by atoms with E-state index in [9.17, 15) is 23.2 Å². The highest BCUT2D eigenvalue weighted by atomic mass is 35.5. The van der Waals surface area contributed by atoms with Gasteiger partial charge in [-0.1, -0.05) is 17.7 Å². The first-order valence-electron chi connectivity index (χ1n) is 15.6. The van der Waals surface area contributed by atoms with Gasteiger partial charge in [-0.3, -0.25) is 14.8 Å². The van der Waals surface area contributed by atoms with Gasteiger partial charge in [0, 0.05) is 54.0 Å². The number of methoxy groups -OCH3 is 1. The topological polar surface area (TPSA) is 150 Å². The van der Waals surface area contributed by atoms with E-state index in [1.807, 2.05) is 0 Å². The number of amides is 2. The van der Waals surface area contributed by atoms with Crippen LogP contribution in [0.5, 0.6) is 11.5 Å². The van der Waals surface area contributed by atoms with Gasteiger partial charge in [-0.05, 0) is 42.5 Å². The number of aliphatic imine (C=N–C) groups is 1. The third kappa shape index (κ3) is 6.85. The van der Waals surface area contributed by atoms with E-state index in [1.165, 1.54) is 55.0 Å². The van der Waals surface area contributed by atoms with Crippen LogP contribution in [-0.4, -0.2) is 94.6 Å². The highest BCUT2D eigenvalue weighted by Gasteiger charge is 2.43. The second-order valence-corrected chi connectivity index (χ2v) is 13.1. The standard InChI is InChI=1S/C34H28ClF2N7O6S/c1-49-33(47)28-25(40-30(31-38-8-11-51-31)41-29(28)22-5-3-19(36)13-23(22)35)17-42-9-10-43-20(15-42)16-44(34(43)48)27-7-4-21(14-39-27)50-26-6-2-18(32(45)46)12-24(26)37/h2-8,11-14,20,29H,9-10,15-17H2,1H3,(H,40,41)(H,45,46)/t20?,29-/m0/s1. The second kappa shape index (κ2) is 14.0. The number of fused-ring (bicyclic) bond motifs is 1. The molecule has 2 atom stereocenters. The molecule has 2 fully saturated rings. The number of nitrogens with zero attached hydrogens (tertiary/aromatic N) is 6. The maximum absolute atomic E-state index is 14.4. The number of amidine groups is 1. The van der Waals surface area contributed by atoms with Crippen molar-refractivity contribution in [2.45, 2.75) is 12.1 Å². The third-order valence-electron chi connectivity index (χ3n) is 8.65. The monoisotopic (exact) mass is 735 g/mol. The highest BCUT2D eigenvalue weighted by molar-refractivity contribution is 7.11. The maximum atomic E-state index is 14.4. The molecule has 2 N–H and O–H groups in total. The van der Waals surface area contributed by atoms with E-state index in [0.29, 0.717) is 54.1 Å². The Labute approximate surface area is 298 Å². The third-order valence-corrected chi connectivity index (χ3v) is 9.75. The van der Waals surface area contributed by atoms with E-state index in [4.69, 9.17) is 31.2 Å². The lowest BCUT2D eigenvalue weighted by Crippen LogP contribution is -2.53. The average Bonchev–Trinajstić information content (AvgIpc) is 3.77. The zero-order chi connectivity index (χ0) is 35.8. The van der Waals surface area contributed by atoms with Crippen molar-refractivity contribution in [3.8, 4) is 11.5 Å². The molecule has 262 valence electrons. The summed E-state index contributed by atoms with van der Waals surface area (Å²) in [5, 5.41) is 14.9. The normalized spacial score (nSPS) is 19.1. The van der Waals surface area contributed by atoms with Gasteiger partial charge in [0.15, 0.2) is 22.4 Å². The van der Waals surface area contributed by atoms with E-state index in [1.54, 1.807) is 33.5 Å². The molecule has 5 heterocycles. The lowest BCUT2D eigenvalue weighted by Gasteiger charge is -2.38. The van der Waals surface area contributed by atoms with Crippen LogP contribution >= 0.6 is 22.9 Å². The number of esters is 1. The van der Waals surface area contributed by atoms with Crippen LogP contribution < -0.4 is 15.0 Å². The van der Waals surface area contributed by atoms with E-state index < -0.39 is 29.6 Å². The lowest BCUT2D eigenvalue weighted by atomic mass is 9.95. The van der Waals surface area contributed by atoms with Gasteiger partial charge in [0.1, 0.15) is 23.4 Å². The van der Waals surface area contributed by atoms with Crippen molar-refractivity contribution in [2.24, 2.45) is 4.99 Å². The summed E-state index contributed by atoms with van der Waals surface area (Å²) in [6.45, 7) is 1.99.